The number of rotatable bonds is 10. The van der Waals surface area contributed by atoms with E-state index >= 15 is 0 Å². The number of nitrogens with zero attached hydrogens (tertiary/aromatic N) is 1. The van der Waals surface area contributed by atoms with Crippen LogP contribution in [0.4, 0.5) is 0 Å². The molecule has 0 aromatic rings. The molecule has 0 aliphatic rings. The smallest absolute Gasteiger partial charge is 0.132 e. The second-order valence-electron chi connectivity index (χ2n) is 5.20. The molecular formula is C17H29NO. The van der Waals surface area contributed by atoms with E-state index in [4.69, 9.17) is 0 Å². The van der Waals surface area contributed by atoms with Gasteiger partial charge in [-0.05, 0) is 44.9 Å². The van der Waals surface area contributed by atoms with Crippen LogP contribution in [-0.4, -0.2) is 12.5 Å². The molecule has 0 bridgehead atoms. The second-order valence-corrected chi connectivity index (χ2v) is 5.20. The van der Waals surface area contributed by atoms with E-state index in [-0.39, 0.29) is 0 Å². The second kappa shape index (κ2) is 10.7. The quantitative estimate of drug-likeness (QED) is 0.306. The van der Waals surface area contributed by atoms with E-state index in [9.17, 15) is 4.79 Å². The van der Waals surface area contributed by atoms with Crippen molar-refractivity contribution in [3.05, 3.63) is 23.4 Å². The highest BCUT2D eigenvalue weighted by Crippen LogP contribution is 2.18. The van der Waals surface area contributed by atoms with E-state index in [1.807, 2.05) is 6.92 Å². The molecule has 0 unspecified atom stereocenters. The Morgan fingerprint density at radius 2 is 1.84 bits per heavy atom. The molecule has 0 radical (unpaired) electrons. The van der Waals surface area contributed by atoms with Crippen molar-refractivity contribution in [3.63, 3.8) is 0 Å². The van der Waals surface area contributed by atoms with Crippen LogP contribution in [0, 0.1) is 5.92 Å². The first-order valence-corrected chi connectivity index (χ1v) is 7.40. The summed E-state index contributed by atoms with van der Waals surface area (Å²) in [6.45, 7) is 11.9. The molecule has 0 saturated heterocycles. The van der Waals surface area contributed by atoms with Crippen molar-refractivity contribution in [2.45, 2.75) is 66.2 Å². The van der Waals surface area contributed by atoms with Crippen LogP contribution in [0.25, 0.3) is 0 Å². The summed E-state index contributed by atoms with van der Waals surface area (Å²) < 4.78 is 0. The van der Waals surface area contributed by atoms with Gasteiger partial charge in [-0.2, -0.15) is 0 Å². The first kappa shape index (κ1) is 17.8. The zero-order valence-corrected chi connectivity index (χ0v) is 13.0. The van der Waals surface area contributed by atoms with Crippen molar-refractivity contribution in [2.24, 2.45) is 10.9 Å². The van der Waals surface area contributed by atoms with Crippen LogP contribution in [0.5, 0.6) is 0 Å². The molecule has 0 aliphatic carbocycles. The maximum atomic E-state index is 11.2. The number of hydrogen-bond acceptors (Lipinski definition) is 2. The number of hydrogen-bond donors (Lipinski definition) is 0. The number of aliphatic imine (C=N–C) groups is 1. The fourth-order valence-corrected chi connectivity index (χ4v) is 1.89. The first-order chi connectivity index (χ1) is 9.04. The van der Waals surface area contributed by atoms with Gasteiger partial charge >= 0.3 is 0 Å². The van der Waals surface area contributed by atoms with Gasteiger partial charge in [-0.1, -0.05) is 38.8 Å². The molecule has 0 rings (SSSR count). The Morgan fingerprint density at radius 1 is 1.21 bits per heavy atom. The minimum absolute atomic E-state index is 0.379. The number of carbonyl (C=O) groups excluding carboxylic acids is 1. The fourth-order valence-electron chi connectivity index (χ4n) is 1.89. The van der Waals surface area contributed by atoms with Gasteiger partial charge in [0.15, 0.2) is 0 Å². The number of allylic oxidation sites excluding steroid dienone is 4. The monoisotopic (exact) mass is 263 g/mol. The fraction of sp³-hybridized carbons (Fsp3) is 0.647. The molecule has 0 spiro atoms. The van der Waals surface area contributed by atoms with Crippen molar-refractivity contribution in [1.82, 2.24) is 0 Å². The van der Waals surface area contributed by atoms with Gasteiger partial charge in [0, 0.05) is 18.5 Å². The third-order valence-electron chi connectivity index (χ3n) is 3.29. The van der Waals surface area contributed by atoms with Gasteiger partial charge in [0.05, 0.1) is 0 Å². The third kappa shape index (κ3) is 8.52. The molecule has 19 heavy (non-hydrogen) atoms. The van der Waals surface area contributed by atoms with Crippen LogP contribution >= 0.6 is 0 Å². The van der Waals surface area contributed by atoms with Crippen LogP contribution in [0.15, 0.2) is 28.4 Å². The average molecular weight is 263 g/mol. The highest BCUT2D eigenvalue weighted by molar-refractivity contribution is 5.77. The highest BCUT2D eigenvalue weighted by Gasteiger charge is 2.02. The Hall–Kier alpha value is -1.18. The molecule has 0 atom stereocenters. The summed E-state index contributed by atoms with van der Waals surface area (Å²) in [5, 5.41) is 0. The number of Topliss-reactive ketones (excluding diaryl/α,β-unsaturated/α-hetero) is 1. The lowest BCUT2D eigenvalue weighted by Gasteiger charge is -2.08. The van der Waals surface area contributed by atoms with Crippen LogP contribution in [0.1, 0.15) is 66.2 Å². The average Bonchev–Trinajstić information content (AvgIpc) is 2.41. The Bertz CT molecular complexity index is 337. The van der Waals surface area contributed by atoms with Crippen molar-refractivity contribution in [2.75, 3.05) is 0 Å². The van der Waals surface area contributed by atoms with Gasteiger partial charge in [-0.3, -0.25) is 9.79 Å². The molecule has 108 valence electrons. The Balaban J connectivity index is 4.09. The van der Waals surface area contributed by atoms with Gasteiger partial charge in [-0.15, -0.1) is 0 Å². The normalized spacial score (nSPS) is 12.9. The van der Waals surface area contributed by atoms with Crippen molar-refractivity contribution in [1.29, 1.82) is 0 Å². The topological polar surface area (TPSA) is 29.4 Å². The summed E-state index contributed by atoms with van der Waals surface area (Å²) >= 11 is 0. The van der Waals surface area contributed by atoms with E-state index in [0.29, 0.717) is 18.1 Å². The van der Waals surface area contributed by atoms with Gasteiger partial charge in [0.2, 0.25) is 0 Å². The lowest BCUT2D eigenvalue weighted by atomic mass is 10.0. The van der Waals surface area contributed by atoms with E-state index < -0.39 is 0 Å². The predicted octanol–water partition coefficient (Wildman–Crippen LogP) is 5.10. The summed E-state index contributed by atoms with van der Waals surface area (Å²) in [6.07, 6.45) is 10.0. The predicted molar refractivity (Wildman–Crippen MR) is 84.6 cm³/mol. The maximum absolute atomic E-state index is 11.2. The van der Waals surface area contributed by atoms with Gasteiger partial charge in [0.1, 0.15) is 5.78 Å². The first-order valence-electron chi connectivity index (χ1n) is 7.40. The summed E-state index contributed by atoms with van der Waals surface area (Å²) in [5.74, 6) is 0.790. The molecule has 0 amide bonds. The number of ketones is 1. The van der Waals surface area contributed by atoms with Crippen LogP contribution in [0.2, 0.25) is 0 Å². The van der Waals surface area contributed by atoms with E-state index in [2.05, 4.69) is 44.6 Å². The SMILES string of the molecule is C=N/C(=C\C(=C/C)CCCCCC(=O)CC)C(C)C. The Labute approximate surface area is 118 Å². The lowest BCUT2D eigenvalue weighted by molar-refractivity contribution is -0.118. The molecule has 2 nitrogen and oxygen atoms in total. The lowest BCUT2D eigenvalue weighted by Crippen LogP contribution is -1.95. The maximum Gasteiger partial charge on any atom is 0.132 e. The van der Waals surface area contributed by atoms with E-state index in [1.165, 1.54) is 5.57 Å². The third-order valence-corrected chi connectivity index (χ3v) is 3.29. The minimum Gasteiger partial charge on any atom is -0.300 e. The van der Waals surface area contributed by atoms with E-state index in [0.717, 1.165) is 37.8 Å². The summed E-state index contributed by atoms with van der Waals surface area (Å²) in [5.41, 5.74) is 2.37. The molecule has 0 heterocycles. The molecular weight excluding hydrogens is 234 g/mol. The number of unbranched alkanes of at least 4 members (excludes halogenated alkanes) is 2. The van der Waals surface area contributed by atoms with Crippen molar-refractivity contribution in [3.8, 4) is 0 Å². The molecule has 0 saturated carbocycles. The van der Waals surface area contributed by atoms with Crippen molar-refractivity contribution >= 4 is 12.5 Å². The van der Waals surface area contributed by atoms with Crippen LogP contribution in [0.3, 0.4) is 0 Å². The standard InChI is InChI=1S/C17H29NO/c1-6-15(13-17(18-5)14(3)4)11-9-8-10-12-16(19)7-2/h6,13-14H,5,7-12H2,1-4H3/b15-6-,17-13-. The van der Waals surface area contributed by atoms with Crippen molar-refractivity contribution < 1.29 is 4.79 Å². The Morgan fingerprint density at radius 3 is 2.32 bits per heavy atom. The molecule has 0 aliphatic heterocycles. The van der Waals surface area contributed by atoms with Gasteiger partial charge in [0.25, 0.3) is 0 Å². The van der Waals surface area contributed by atoms with Gasteiger partial charge < -0.3 is 0 Å². The van der Waals surface area contributed by atoms with Gasteiger partial charge in [-0.25, -0.2) is 0 Å². The minimum atomic E-state index is 0.379. The number of carbonyl (C=O) groups is 1. The molecule has 2 heteroatoms. The highest BCUT2D eigenvalue weighted by atomic mass is 16.1. The molecule has 0 aromatic heterocycles. The molecule has 0 fully saturated rings. The zero-order valence-electron chi connectivity index (χ0n) is 13.0. The van der Waals surface area contributed by atoms with Crippen LogP contribution < -0.4 is 0 Å². The zero-order chi connectivity index (χ0) is 14.7. The Kier molecular flexibility index (Phi) is 10.1. The van der Waals surface area contributed by atoms with Crippen LogP contribution in [-0.2, 0) is 4.79 Å². The summed E-state index contributed by atoms with van der Waals surface area (Å²) in [7, 11) is 0. The molecule has 0 aromatic carbocycles. The summed E-state index contributed by atoms with van der Waals surface area (Å²) in [6, 6.07) is 0. The van der Waals surface area contributed by atoms with E-state index in [1.54, 1.807) is 0 Å². The molecule has 0 N–H and O–H groups in total. The largest absolute Gasteiger partial charge is 0.300 e. The summed E-state index contributed by atoms with van der Waals surface area (Å²) in [4.78, 5) is 15.3.